The molecule has 0 unspecified atom stereocenters. The highest BCUT2D eigenvalue weighted by atomic mass is 32.1. The second-order valence-corrected chi connectivity index (χ2v) is 8.46. The standard InChI is InChI=1S/C25H26FNO3S/c26-24-9-2-1-8-23(24)25(28)27(17-22-7-4-12-29-22)16-20-5-3-6-21(15-20)30-13-10-19-11-14-31-18-19/h1-3,5-6,8-9,11,14-15,18,22H,4,7,10,12-13,16-17H2/t22-/m1/s1. The minimum Gasteiger partial charge on any atom is -0.493 e. The van der Waals surface area contributed by atoms with Gasteiger partial charge in [-0.2, -0.15) is 11.3 Å². The highest BCUT2D eigenvalue weighted by Gasteiger charge is 2.25. The van der Waals surface area contributed by atoms with E-state index in [1.165, 1.54) is 17.7 Å². The van der Waals surface area contributed by atoms with Crippen molar-refractivity contribution < 1.29 is 18.7 Å². The topological polar surface area (TPSA) is 38.8 Å². The number of hydrogen-bond acceptors (Lipinski definition) is 4. The van der Waals surface area contributed by atoms with E-state index in [2.05, 4.69) is 16.8 Å². The number of amides is 1. The number of thiophene rings is 1. The zero-order valence-electron chi connectivity index (χ0n) is 17.3. The first-order valence-electron chi connectivity index (χ1n) is 10.6. The summed E-state index contributed by atoms with van der Waals surface area (Å²) < 4.78 is 25.9. The molecule has 0 radical (unpaired) electrons. The van der Waals surface area contributed by atoms with Crippen LogP contribution in [0.25, 0.3) is 0 Å². The van der Waals surface area contributed by atoms with Gasteiger partial charge in [0.1, 0.15) is 11.6 Å². The van der Waals surface area contributed by atoms with Crippen LogP contribution in [0.4, 0.5) is 4.39 Å². The van der Waals surface area contributed by atoms with Gasteiger partial charge in [-0.1, -0.05) is 24.3 Å². The van der Waals surface area contributed by atoms with Gasteiger partial charge in [0.05, 0.1) is 18.3 Å². The molecule has 0 aliphatic carbocycles. The average Bonchev–Trinajstić information content (AvgIpc) is 3.48. The molecule has 1 saturated heterocycles. The lowest BCUT2D eigenvalue weighted by molar-refractivity contribution is 0.0503. The maximum absolute atomic E-state index is 14.3. The van der Waals surface area contributed by atoms with E-state index in [0.717, 1.165) is 30.6 Å². The normalized spacial score (nSPS) is 15.7. The lowest BCUT2D eigenvalue weighted by Crippen LogP contribution is -2.37. The van der Waals surface area contributed by atoms with Crippen molar-refractivity contribution in [1.29, 1.82) is 0 Å². The largest absolute Gasteiger partial charge is 0.493 e. The second-order valence-electron chi connectivity index (χ2n) is 7.68. The van der Waals surface area contributed by atoms with E-state index in [0.29, 0.717) is 26.3 Å². The molecule has 2 aromatic carbocycles. The molecule has 0 bridgehead atoms. The van der Waals surface area contributed by atoms with E-state index in [1.807, 2.05) is 24.3 Å². The fraction of sp³-hybridized carbons (Fsp3) is 0.320. The third-order valence-electron chi connectivity index (χ3n) is 5.35. The fourth-order valence-corrected chi connectivity index (χ4v) is 4.44. The van der Waals surface area contributed by atoms with E-state index in [1.54, 1.807) is 28.4 Å². The molecule has 0 saturated carbocycles. The van der Waals surface area contributed by atoms with Crippen LogP contribution in [-0.2, 0) is 17.7 Å². The van der Waals surface area contributed by atoms with Crippen molar-refractivity contribution in [2.24, 2.45) is 0 Å². The third kappa shape index (κ3) is 5.93. The molecule has 162 valence electrons. The monoisotopic (exact) mass is 439 g/mol. The molecule has 4 nitrogen and oxygen atoms in total. The Labute approximate surface area is 186 Å². The molecule has 1 aromatic heterocycles. The van der Waals surface area contributed by atoms with Crippen LogP contribution in [0.2, 0.25) is 0 Å². The van der Waals surface area contributed by atoms with Gasteiger partial charge >= 0.3 is 0 Å². The molecular weight excluding hydrogens is 413 g/mol. The molecule has 31 heavy (non-hydrogen) atoms. The first-order valence-corrected chi connectivity index (χ1v) is 11.5. The van der Waals surface area contributed by atoms with Crippen LogP contribution in [0.1, 0.15) is 34.3 Å². The van der Waals surface area contributed by atoms with Gasteiger partial charge in [0.15, 0.2) is 0 Å². The van der Waals surface area contributed by atoms with E-state index in [4.69, 9.17) is 9.47 Å². The molecule has 1 aliphatic rings. The molecule has 4 rings (SSSR count). The summed E-state index contributed by atoms with van der Waals surface area (Å²) in [6.45, 7) is 2.11. The van der Waals surface area contributed by atoms with Gasteiger partial charge in [-0.25, -0.2) is 4.39 Å². The Hall–Kier alpha value is -2.70. The number of nitrogens with zero attached hydrogens (tertiary/aromatic N) is 1. The maximum atomic E-state index is 14.3. The van der Waals surface area contributed by atoms with Crippen LogP contribution in [0.15, 0.2) is 65.4 Å². The summed E-state index contributed by atoms with van der Waals surface area (Å²) in [5, 5.41) is 4.18. The molecule has 1 aliphatic heterocycles. The Balaban J connectivity index is 1.45. The fourth-order valence-electron chi connectivity index (χ4n) is 3.73. The van der Waals surface area contributed by atoms with E-state index < -0.39 is 5.82 Å². The first kappa shape index (κ1) is 21.5. The van der Waals surface area contributed by atoms with E-state index in [9.17, 15) is 9.18 Å². The highest BCUT2D eigenvalue weighted by molar-refractivity contribution is 7.07. The van der Waals surface area contributed by atoms with E-state index >= 15 is 0 Å². The van der Waals surface area contributed by atoms with Gasteiger partial charge in [-0.15, -0.1) is 0 Å². The lowest BCUT2D eigenvalue weighted by Gasteiger charge is -2.26. The molecule has 3 aromatic rings. The van der Waals surface area contributed by atoms with Gasteiger partial charge in [0.25, 0.3) is 5.91 Å². The van der Waals surface area contributed by atoms with Gasteiger partial charge in [0, 0.05) is 26.1 Å². The van der Waals surface area contributed by atoms with Crippen molar-refractivity contribution in [3.8, 4) is 5.75 Å². The number of carbonyl (C=O) groups excluding carboxylic acids is 1. The molecular formula is C25H26FNO3S. The number of carbonyl (C=O) groups is 1. The summed E-state index contributed by atoms with van der Waals surface area (Å²) in [6.07, 6.45) is 2.73. The summed E-state index contributed by atoms with van der Waals surface area (Å²) >= 11 is 1.68. The molecule has 2 heterocycles. The van der Waals surface area contributed by atoms with Crippen LogP contribution < -0.4 is 4.74 Å². The molecule has 1 fully saturated rings. The highest BCUT2D eigenvalue weighted by Crippen LogP contribution is 2.21. The summed E-state index contributed by atoms with van der Waals surface area (Å²) in [5.74, 6) is -0.0594. The number of hydrogen-bond donors (Lipinski definition) is 0. The van der Waals surface area contributed by atoms with Crippen LogP contribution >= 0.6 is 11.3 Å². The maximum Gasteiger partial charge on any atom is 0.257 e. The smallest absolute Gasteiger partial charge is 0.257 e. The molecule has 0 N–H and O–H groups in total. The number of rotatable bonds is 9. The van der Waals surface area contributed by atoms with Crippen LogP contribution in [-0.4, -0.2) is 36.7 Å². The Kier molecular flexibility index (Phi) is 7.33. The number of ether oxygens (including phenoxy) is 2. The van der Waals surface area contributed by atoms with Crippen molar-refractivity contribution in [3.63, 3.8) is 0 Å². The Morgan fingerprint density at radius 3 is 2.84 bits per heavy atom. The van der Waals surface area contributed by atoms with Crippen molar-refractivity contribution in [1.82, 2.24) is 4.90 Å². The lowest BCUT2D eigenvalue weighted by atomic mass is 10.1. The first-order chi connectivity index (χ1) is 15.2. The Morgan fingerprint density at radius 2 is 2.06 bits per heavy atom. The van der Waals surface area contributed by atoms with Gasteiger partial charge in [-0.05, 0) is 65.1 Å². The van der Waals surface area contributed by atoms with E-state index in [-0.39, 0.29) is 17.6 Å². The van der Waals surface area contributed by atoms with Crippen LogP contribution in [0.5, 0.6) is 5.75 Å². The van der Waals surface area contributed by atoms with Crippen LogP contribution in [0, 0.1) is 5.82 Å². The van der Waals surface area contributed by atoms with Crippen molar-refractivity contribution in [2.75, 3.05) is 19.8 Å². The predicted molar refractivity (Wildman–Crippen MR) is 120 cm³/mol. The van der Waals surface area contributed by atoms with Crippen LogP contribution in [0.3, 0.4) is 0 Å². The van der Waals surface area contributed by atoms with Gasteiger partial charge < -0.3 is 14.4 Å². The molecule has 1 atom stereocenters. The zero-order valence-corrected chi connectivity index (χ0v) is 18.2. The summed E-state index contributed by atoms with van der Waals surface area (Å²) in [5.41, 5.74) is 2.29. The third-order valence-corrected chi connectivity index (χ3v) is 6.08. The zero-order chi connectivity index (χ0) is 21.5. The second kappa shape index (κ2) is 10.6. The summed E-state index contributed by atoms with van der Waals surface area (Å²) in [7, 11) is 0. The Morgan fingerprint density at radius 1 is 1.16 bits per heavy atom. The van der Waals surface area contributed by atoms with Crippen molar-refractivity contribution >= 4 is 17.2 Å². The minimum absolute atomic E-state index is 0.0132. The number of halogens is 1. The van der Waals surface area contributed by atoms with Crippen molar-refractivity contribution in [3.05, 3.63) is 87.9 Å². The van der Waals surface area contributed by atoms with Crippen molar-refractivity contribution in [2.45, 2.75) is 31.9 Å². The predicted octanol–water partition coefficient (Wildman–Crippen LogP) is 5.33. The quantitative estimate of drug-likeness (QED) is 0.452. The minimum atomic E-state index is -0.504. The van der Waals surface area contributed by atoms with Gasteiger partial charge in [0.2, 0.25) is 0 Å². The van der Waals surface area contributed by atoms with Gasteiger partial charge in [-0.3, -0.25) is 4.79 Å². The molecule has 1 amide bonds. The average molecular weight is 440 g/mol. The summed E-state index contributed by atoms with van der Waals surface area (Å²) in [6, 6.07) is 16.0. The molecule has 6 heteroatoms. The SMILES string of the molecule is O=C(c1ccccc1F)N(Cc1cccc(OCCc2ccsc2)c1)C[C@H]1CCCO1. The summed E-state index contributed by atoms with van der Waals surface area (Å²) in [4.78, 5) is 14.8. The molecule has 0 spiro atoms. The Bertz CT molecular complexity index is 986. The number of benzene rings is 2.